The number of nitrogens with zero attached hydrogens (tertiary/aromatic N) is 2. The molecule has 2 rings (SSSR count). The van der Waals surface area contributed by atoms with Crippen LogP contribution in [0.2, 0.25) is 0 Å². The number of anilines is 1. The second-order valence-electron chi connectivity index (χ2n) is 7.08. The molecule has 2 unspecified atom stereocenters. The van der Waals surface area contributed by atoms with Gasteiger partial charge in [-0.3, -0.25) is 14.7 Å². The molecular weight excluding hydrogens is 408 g/mol. The number of aromatic nitrogens is 2. The first-order valence-corrected chi connectivity index (χ1v) is 9.25. The van der Waals surface area contributed by atoms with E-state index in [1.165, 1.54) is 0 Å². The molecule has 5 N–H and O–H groups in total. The summed E-state index contributed by atoms with van der Waals surface area (Å²) >= 11 is 0. The van der Waals surface area contributed by atoms with Crippen LogP contribution in [0.15, 0.2) is 17.1 Å². The third-order valence-electron chi connectivity index (χ3n) is 4.35. The average molecular weight is 433 g/mol. The Hall–Kier alpha value is -2.64. The van der Waals surface area contributed by atoms with Crippen molar-refractivity contribution in [1.29, 1.82) is 0 Å². The van der Waals surface area contributed by atoms with E-state index in [9.17, 15) is 23.2 Å². The molecule has 0 radical (unpaired) electrons. The lowest BCUT2D eigenvalue weighted by molar-refractivity contribution is -0.123. The van der Waals surface area contributed by atoms with Gasteiger partial charge in [0.05, 0.1) is 25.3 Å². The fourth-order valence-electron chi connectivity index (χ4n) is 2.65. The van der Waals surface area contributed by atoms with Crippen molar-refractivity contribution in [3.63, 3.8) is 0 Å². The fourth-order valence-corrected chi connectivity index (χ4v) is 2.65. The fraction of sp³-hybridized carbons (Fsp3) is 0.647. The van der Waals surface area contributed by atoms with Crippen molar-refractivity contribution < 1.29 is 33.0 Å². The van der Waals surface area contributed by atoms with Gasteiger partial charge in [0.25, 0.3) is 5.92 Å². The van der Waals surface area contributed by atoms with Crippen molar-refractivity contribution in [2.45, 2.75) is 44.6 Å². The molecule has 0 saturated carbocycles. The molecule has 2 amide bonds. The molecule has 0 bridgehead atoms. The Morgan fingerprint density at radius 2 is 2.20 bits per heavy atom. The van der Waals surface area contributed by atoms with E-state index in [0.29, 0.717) is 4.57 Å². The van der Waals surface area contributed by atoms with Crippen LogP contribution in [-0.2, 0) is 14.3 Å². The maximum Gasteiger partial charge on any atom is 0.412 e. The number of amides is 2. The Labute approximate surface area is 170 Å². The summed E-state index contributed by atoms with van der Waals surface area (Å²) in [6.07, 6.45) is -3.69. The van der Waals surface area contributed by atoms with E-state index in [1.54, 1.807) is 13.8 Å². The van der Waals surface area contributed by atoms with Crippen LogP contribution in [0.3, 0.4) is 0 Å². The third kappa shape index (κ3) is 5.93. The normalized spacial score (nSPS) is 21.3. The van der Waals surface area contributed by atoms with Gasteiger partial charge < -0.3 is 25.6 Å². The van der Waals surface area contributed by atoms with Crippen LogP contribution in [0.25, 0.3) is 0 Å². The minimum absolute atomic E-state index is 0.0296. The van der Waals surface area contributed by atoms with Crippen molar-refractivity contribution in [3.8, 4) is 0 Å². The van der Waals surface area contributed by atoms with Crippen LogP contribution in [0.1, 0.15) is 26.5 Å². The number of nitrogens with two attached hydrogens (primary N) is 1. The van der Waals surface area contributed by atoms with Gasteiger partial charge in [0.15, 0.2) is 0 Å². The zero-order valence-corrected chi connectivity index (χ0v) is 16.5. The number of nitrogens with one attached hydrogen (secondary N) is 2. The number of aliphatic hydroxyl groups is 1. The molecule has 1 aliphatic heterocycles. The lowest BCUT2D eigenvalue weighted by Crippen LogP contribution is -2.45. The van der Waals surface area contributed by atoms with Crippen LogP contribution < -0.4 is 22.1 Å². The molecule has 0 aromatic carbocycles. The minimum Gasteiger partial charge on any atom is -0.447 e. The number of alkyl halides is 2. The summed E-state index contributed by atoms with van der Waals surface area (Å²) in [5.74, 6) is -4.01. The van der Waals surface area contributed by atoms with Gasteiger partial charge in [-0.25, -0.2) is 18.4 Å². The highest BCUT2D eigenvalue weighted by Crippen LogP contribution is 2.41. The van der Waals surface area contributed by atoms with E-state index in [-0.39, 0.29) is 30.8 Å². The quantitative estimate of drug-likeness (QED) is 0.411. The van der Waals surface area contributed by atoms with Gasteiger partial charge in [0.2, 0.25) is 12.1 Å². The molecule has 0 aliphatic carbocycles. The molecule has 13 heteroatoms. The van der Waals surface area contributed by atoms with Gasteiger partial charge in [-0.05, 0) is 12.0 Å². The summed E-state index contributed by atoms with van der Waals surface area (Å²) in [6.45, 7) is 2.84. The van der Waals surface area contributed by atoms with Crippen molar-refractivity contribution >= 4 is 17.8 Å². The largest absolute Gasteiger partial charge is 0.447 e. The zero-order chi connectivity index (χ0) is 22.5. The lowest BCUT2D eigenvalue weighted by atomic mass is 10.1. The Balaban J connectivity index is 1.86. The SMILES string of the molecule is CC(C)C(N)C(=O)NCCOC(=O)Nc1ccn([C@@H]2OC(CO)CC2(F)F)c(=O)n1. The number of aliphatic hydroxyl groups excluding tert-OH is 1. The van der Waals surface area contributed by atoms with E-state index < -0.39 is 49.1 Å². The van der Waals surface area contributed by atoms with Gasteiger partial charge in [-0.2, -0.15) is 4.98 Å². The topological polar surface area (TPSA) is 158 Å². The first kappa shape index (κ1) is 23.6. The summed E-state index contributed by atoms with van der Waals surface area (Å²) in [5.41, 5.74) is 4.59. The molecule has 1 aromatic rings. The second-order valence-corrected chi connectivity index (χ2v) is 7.08. The summed E-state index contributed by atoms with van der Waals surface area (Å²) in [4.78, 5) is 39.0. The molecule has 3 atom stereocenters. The zero-order valence-electron chi connectivity index (χ0n) is 16.5. The molecule has 11 nitrogen and oxygen atoms in total. The third-order valence-corrected chi connectivity index (χ3v) is 4.35. The monoisotopic (exact) mass is 433 g/mol. The second kappa shape index (κ2) is 9.91. The molecule has 1 fully saturated rings. The maximum absolute atomic E-state index is 14.0. The van der Waals surface area contributed by atoms with Crippen LogP contribution >= 0.6 is 0 Å². The predicted octanol–water partition coefficient (Wildman–Crippen LogP) is -0.194. The molecule has 0 spiro atoms. The van der Waals surface area contributed by atoms with Crippen molar-refractivity contribution in [2.75, 3.05) is 25.1 Å². The number of carbonyl (C=O) groups is 2. The first-order chi connectivity index (χ1) is 14.0. The molecule has 30 heavy (non-hydrogen) atoms. The van der Waals surface area contributed by atoms with Gasteiger partial charge in [0.1, 0.15) is 12.4 Å². The first-order valence-electron chi connectivity index (χ1n) is 9.25. The number of hydrogen-bond acceptors (Lipinski definition) is 8. The van der Waals surface area contributed by atoms with E-state index in [1.807, 2.05) is 0 Å². The number of ether oxygens (including phenoxy) is 2. The van der Waals surface area contributed by atoms with Crippen molar-refractivity contribution in [2.24, 2.45) is 11.7 Å². The van der Waals surface area contributed by atoms with Crippen LogP contribution in [0, 0.1) is 5.92 Å². The molecular formula is C17H25F2N5O6. The van der Waals surface area contributed by atoms with E-state index >= 15 is 0 Å². The molecule has 2 heterocycles. The number of carbonyl (C=O) groups excluding carboxylic acids is 2. The van der Waals surface area contributed by atoms with Crippen molar-refractivity contribution in [1.82, 2.24) is 14.9 Å². The summed E-state index contributed by atoms with van der Waals surface area (Å²) < 4.78 is 38.4. The molecule has 1 aliphatic rings. The Kier molecular flexibility index (Phi) is 7.81. The minimum atomic E-state index is -3.37. The lowest BCUT2D eigenvalue weighted by Gasteiger charge is -2.19. The van der Waals surface area contributed by atoms with Gasteiger partial charge in [-0.15, -0.1) is 0 Å². The molecule has 1 saturated heterocycles. The maximum atomic E-state index is 14.0. The van der Waals surface area contributed by atoms with Crippen LogP contribution in [0.4, 0.5) is 19.4 Å². The van der Waals surface area contributed by atoms with Gasteiger partial charge in [-0.1, -0.05) is 13.8 Å². The number of halogens is 2. The van der Waals surface area contributed by atoms with E-state index in [2.05, 4.69) is 15.6 Å². The number of hydrogen-bond donors (Lipinski definition) is 4. The van der Waals surface area contributed by atoms with Gasteiger partial charge in [0, 0.05) is 12.6 Å². The summed E-state index contributed by atoms with van der Waals surface area (Å²) in [5, 5.41) is 13.7. The van der Waals surface area contributed by atoms with Crippen LogP contribution in [0.5, 0.6) is 0 Å². The predicted molar refractivity (Wildman–Crippen MR) is 99.9 cm³/mol. The highest BCUT2D eigenvalue weighted by atomic mass is 19.3. The Morgan fingerprint density at radius 3 is 2.77 bits per heavy atom. The molecule has 1 aromatic heterocycles. The average Bonchev–Trinajstić information content (AvgIpc) is 2.98. The summed E-state index contributed by atoms with van der Waals surface area (Å²) in [6, 6.07) is 0.441. The Morgan fingerprint density at radius 1 is 1.50 bits per heavy atom. The highest BCUT2D eigenvalue weighted by Gasteiger charge is 2.51. The smallest absolute Gasteiger partial charge is 0.412 e. The van der Waals surface area contributed by atoms with Crippen LogP contribution in [-0.4, -0.2) is 64.5 Å². The molecule has 168 valence electrons. The number of rotatable bonds is 8. The van der Waals surface area contributed by atoms with E-state index in [4.69, 9.17) is 20.3 Å². The Bertz CT molecular complexity index is 818. The van der Waals surface area contributed by atoms with Gasteiger partial charge >= 0.3 is 11.8 Å². The summed E-state index contributed by atoms with van der Waals surface area (Å²) in [7, 11) is 0. The van der Waals surface area contributed by atoms with E-state index in [0.717, 1.165) is 12.3 Å². The highest BCUT2D eigenvalue weighted by molar-refractivity contribution is 5.83. The standard InChI is InChI=1S/C17H25F2N5O6/c1-9(2)12(20)13(26)21-4-6-29-16(28)23-11-3-5-24(15(27)22-11)14-17(18,19)7-10(8-25)30-14/h3,5,9-10,12,14,25H,4,6-8,20H2,1-2H3,(H,21,26)(H,22,23,27,28)/t10?,12?,14-/m1/s1. The van der Waals surface area contributed by atoms with Crippen molar-refractivity contribution in [3.05, 3.63) is 22.7 Å².